The average Bonchev–Trinajstić information content (AvgIpc) is 2.11. The molecule has 0 aliphatic heterocycles. The van der Waals surface area contributed by atoms with Crippen LogP contribution in [0.1, 0.15) is 45.4 Å². The van der Waals surface area contributed by atoms with Crippen molar-refractivity contribution in [3.8, 4) is 0 Å². The van der Waals surface area contributed by atoms with E-state index in [0.29, 0.717) is 0 Å². The minimum atomic E-state index is -1.31. The minimum absolute atomic E-state index is 0.806. The fourth-order valence-corrected chi connectivity index (χ4v) is 1.76. The van der Waals surface area contributed by atoms with E-state index in [-0.39, 0.29) is 0 Å². The van der Waals surface area contributed by atoms with Crippen molar-refractivity contribution in [2.75, 3.05) is 0 Å². The zero-order valence-electron chi connectivity index (χ0n) is 9.66. The van der Waals surface area contributed by atoms with E-state index < -0.39 is 18.4 Å². The van der Waals surface area contributed by atoms with Gasteiger partial charge in [0, 0.05) is 0 Å². The van der Waals surface area contributed by atoms with Crippen molar-refractivity contribution < 1.29 is 19.8 Å². The molecule has 0 aromatic carbocycles. The summed E-state index contributed by atoms with van der Waals surface area (Å²) in [6.07, 6.45) is 6.51. The van der Waals surface area contributed by atoms with E-state index >= 15 is 0 Å². The van der Waals surface area contributed by atoms with Gasteiger partial charge in [-0.25, -0.2) is 0 Å². The summed E-state index contributed by atoms with van der Waals surface area (Å²) in [5, 5.41) is 15.4. The summed E-state index contributed by atoms with van der Waals surface area (Å²) in [5.74, 6) is -2.62. The molecule has 4 nitrogen and oxygen atoms in total. The van der Waals surface area contributed by atoms with Crippen LogP contribution in [-0.4, -0.2) is 71.1 Å². The Hall–Kier alpha value is 0.576. The molecule has 0 atom stereocenters. The first-order valence-corrected chi connectivity index (χ1v) is 7.69. The number of aliphatic carboxylic acids is 2. The van der Waals surface area contributed by atoms with Crippen LogP contribution in [0.2, 0.25) is 0.515 Å². The molecule has 0 aromatic heterocycles. The maximum atomic E-state index is 9.43. The standard InChI is InChI=1S/C7H15.C3H4O4.K/c1-3-5-7-6-4-2;4-2(5)1-3(6)7;/h1,3-7H2,2H3;1H2,(H,4,5)(H,6,7);. The normalized spacial score (nSPS) is 9.00. The van der Waals surface area contributed by atoms with Crippen LogP contribution in [0.3, 0.4) is 0 Å². The number of carboxylic acid groups (broad SMARTS) is 2. The molecule has 5 heteroatoms. The monoisotopic (exact) mass is 242 g/mol. The van der Waals surface area contributed by atoms with Crippen molar-refractivity contribution in [1.82, 2.24) is 0 Å². The molecule has 0 radical (unpaired) electrons. The van der Waals surface area contributed by atoms with Gasteiger partial charge in [0.05, 0.1) is 0 Å². The van der Waals surface area contributed by atoms with E-state index in [1.807, 2.05) is 0 Å². The van der Waals surface area contributed by atoms with Crippen LogP contribution in [0, 0.1) is 0 Å². The summed E-state index contributed by atoms with van der Waals surface area (Å²) in [5.41, 5.74) is 0. The van der Waals surface area contributed by atoms with Crippen molar-refractivity contribution >= 4 is 60.9 Å². The Bertz CT molecular complexity index is 153. The van der Waals surface area contributed by atoms with Gasteiger partial charge in [0.1, 0.15) is 6.42 Å². The van der Waals surface area contributed by atoms with Crippen molar-refractivity contribution in [1.29, 1.82) is 0 Å². The van der Waals surface area contributed by atoms with Gasteiger partial charge in [-0.1, -0.05) is 0 Å². The zero-order chi connectivity index (χ0) is 12.1. The third kappa shape index (κ3) is 25.1. The van der Waals surface area contributed by atoms with Crippen molar-refractivity contribution in [3.63, 3.8) is 0 Å². The first-order chi connectivity index (χ1) is 7.04. The Morgan fingerprint density at radius 3 is 1.73 bits per heavy atom. The Kier molecular flexibility index (Phi) is 17.4. The van der Waals surface area contributed by atoms with E-state index in [1.54, 1.807) is 0.515 Å². The summed E-state index contributed by atoms with van der Waals surface area (Å²) in [6, 6.07) is 0. The van der Waals surface area contributed by atoms with E-state index in [9.17, 15) is 9.59 Å². The number of unbranched alkanes of at least 4 members (excludes halogenated alkanes) is 4. The Morgan fingerprint density at radius 1 is 1.00 bits per heavy atom. The predicted octanol–water partition coefficient (Wildman–Crippen LogP) is 2.09. The summed E-state index contributed by atoms with van der Waals surface area (Å²) in [6.45, 7) is 2.27. The van der Waals surface area contributed by atoms with Crippen molar-refractivity contribution in [2.45, 2.75) is 46.0 Å². The van der Waals surface area contributed by atoms with Gasteiger partial charge < -0.3 is 10.2 Å². The molecular formula is C10H19KO4. The van der Waals surface area contributed by atoms with E-state index in [4.69, 9.17) is 10.2 Å². The molecule has 0 fully saturated rings. The molecule has 0 saturated carbocycles. The van der Waals surface area contributed by atoms with E-state index in [0.717, 1.165) is 49.0 Å². The zero-order valence-corrected chi connectivity index (χ0v) is 12.8. The van der Waals surface area contributed by atoms with Crippen LogP contribution < -0.4 is 0 Å². The van der Waals surface area contributed by atoms with E-state index in [2.05, 4.69) is 6.92 Å². The van der Waals surface area contributed by atoms with Gasteiger partial charge in [0.15, 0.2) is 0 Å². The molecule has 0 rings (SSSR count). The third-order valence-corrected chi connectivity index (χ3v) is 2.86. The van der Waals surface area contributed by atoms with Gasteiger partial charge in [-0.05, 0) is 0 Å². The summed E-state index contributed by atoms with van der Waals surface area (Å²) in [7, 11) is 0. The molecule has 0 saturated heterocycles. The van der Waals surface area contributed by atoms with Gasteiger partial charge in [-0.15, -0.1) is 0 Å². The molecule has 15 heavy (non-hydrogen) atoms. The Balaban J connectivity index is 0. The first kappa shape index (κ1) is 18.0. The number of hydrogen-bond donors (Lipinski definition) is 2. The number of rotatable bonds is 7. The summed E-state index contributed by atoms with van der Waals surface area (Å²) < 4.78 is 1.55. The second-order valence-corrected chi connectivity index (χ2v) is 4.94. The molecule has 0 aromatic rings. The van der Waals surface area contributed by atoms with Crippen LogP contribution >= 0.6 is 0 Å². The fourth-order valence-electron chi connectivity index (χ4n) is 0.983. The van der Waals surface area contributed by atoms with Gasteiger partial charge in [0.25, 0.3) is 0 Å². The van der Waals surface area contributed by atoms with Gasteiger partial charge >= 0.3 is 100 Å². The second kappa shape index (κ2) is 14.6. The average molecular weight is 242 g/mol. The maximum Gasteiger partial charge on any atom is 0.314 e. The van der Waals surface area contributed by atoms with E-state index in [1.165, 1.54) is 32.1 Å². The molecular weight excluding hydrogens is 223 g/mol. The molecule has 0 bridgehead atoms. The number of carbonyl (C=O) groups is 2. The largest absolute Gasteiger partial charge is 0.481 e. The Morgan fingerprint density at radius 2 is 1.47 bits per heavy atom. The molecule has 0 unspecified atom stereocenters. The number of carboxylic acids is 2. The molecule has 0 heterocycles. The van der Waals surface area contributed by atoms with Gasteiger partial charge in [-0.3, -0.25) is 9.59 Å². The third-order valence-electron chi connectivity index (χ3n) is 1.76. The van der Waals surface area contributed by atoms with Crippen LogP contribution in [0.25, 0.3) is 0 Å². The van der Waals surface area contributed by atoms with Crippen LogP contribution in [0.15, 0.2) is 0 Å². The first-order valence-electron chi connectivity index (χ1n) is 5.48. The number of hydrogen-bond acceptors (Lipinski definition) is 2. The predicted molar refractivity (Wildman–Crippen MR) is 59.2 cm³/mol. The summed E-state index contributed by atoms with van der Waals surface area (Å²) in [4.78, 5) is 18.9. The van der Waals surface area contributed by atoms with Gasteiger partial charge in [-0.2, -0.15) is 0 Å². The Labute approximate surface area is 125 Å². The molecule has 0 spiro atoms. The molecule has 0 aliphatic carbocycles. The van der Waals surface area contributed by atoms with Crippen LogP contribution in [-0.2, 0) is 9.59 Å². The van der Waals surface area contributed by atoms with Crippen LogP contribution in [0.4, 0.5) is 0 Å². The quantitative estimate of drug-likeness (QED) is 0.407. The molecule has 0 aliphatic rings. The molecule has 2 N–H and O–H groups in total. The molecule has 84 valence electrons. The second-order valence-electron chi connectivity index (χ2n) is 3.38. The van der Waals surface area contributed by atoms with Crippen molar-refractivity contribution in [2.24, 2.45) is 0 Å². The smallest absolute Gasteiger partial charge is 0.314 e. The summed E-state index contributed by atoms with van der Waals surface area (Å²) >= 11 is 1.11. The fraction of sp³-hybridized carbons (Fsp3) is 0.800. The molecule has 0 amide bonds. The minimum Gasteiger partial charge on any atom is -0.481 e. The van der Waals surface area contributed by atoms with Crippen LogP contribution in [0.5, 0.6) is 0 Å². The SMILES string of the molecule is CCCCCC[CH2][K].O=C(O)CC(=O)O. The topological polar surface area (TPSA) is 74.6 Å². The van der Waals surface area contributed by atoms with Crippen molar-refractivity contribution in [3.05, 3.63) is 0 Å². The van der Waals surface area contributed by atoms with Gasteiger partial charge in [0.2, 0.25) is 0 Å². The maximum absolute atomic E-state index is 9.43.